The predicted molar refractivity (Wildman–Crippen MR) is 53.6 cm³/mol. The van der Waals surface area contributed by atoms with E-state index in [2.05, 4.69) is 0 Å². The Bertz CT molecular complexity index is 286. The first-order valence-corrected chi connectivity index (χ1v) is 6.33. The molecule has 0 fully saturated rings. The van der Waals surface area contributed by atoms with Gasteiger partial charge >= 0.3 is 0 Å². The van der Waals surface area contributed by atoms with Gasteiger partial charge in [-0.05, 0) is 12.8 Å². The Morgan fingerprint density at radius 1 is 0.714 bits per heavy atom. The van der Waals surface area contributed by atoms with Crippen molar-refractivity contribution >= 4 is 123 Å². The molecule has 2 radical (unpaired) electrons. The fourth-order valence-corrected chi connectivity index (χ4v) is 1.71. The molecule has 0 aromatic heterocycles. The second kappa shape index (κ2) is 10.1. The van der Waals surface area contributed by atoms with Gasteiger partial charge in [0.15, 0.2) is 0 Å². The number of hydrogen-bond acceptors (Lipinski definition) is 4. The first-order chi connectivity index (χ1) is 5.21. The maximum atomic E-state index is 10.1. The second-order valence-electron chi connectivity index (χ2n) is 2.28. The van der Waals surface area contributed by atoms with E-state index in [1.165, 1.54) is 0 Å². The SMILES string of the molecule is O=S(=O)(O)CCCCS(=O)(=O)O.[K].[K]. The molecule has 0 aromatic carbocycles. The van der Waals surface area contributed by atoms with Crippen molar-refractivity contribution in [3.8, 4) is 0 Å². The van der Waals surface area contributed by atoms with Crippen LogP contribution in [-0.4, -0.2) is 140 Å². The van der Waals surface area contributed by atoms with E-state index in [0.717, 1.165) is 0 Å². The standard InChI is InChI=1S/C4H10O6S2.2K/c5-11(6,7)3-1-2-4-12(8,9)10;;/h1-4H2,(H,5,6,7)(H,8,9,10);;. The second-order valence-corrected chi connectivity index (χ2v) is 5.42. The van der Waals surface area contributed by atoms with Gasteiger partial charge in [-0.1, -0.05) is 0 Å². The topological polar surface area (TPSA) is 109 Å². The van der Waals surface area contributed by atoms with Crippen LogP contribution in [0.4, 0.5) is 0 Å². The molecule has 0 bridgehead atoms. The van der Waals surface area contributed by atoms with Crippen LogP contribution in [-0.2, 0) is 20.2 Å². The zero-order valence-electron chi connectivity index (χ0n) is 8.17. The molecule has 2 N–H and O–H groups in total. The van der Waals surface area contributed by atoms with Gasteiger partial charge in [0, 0.05) is 103 Å². The van der Waals surface area contributed by atoms with Gasteiger partial charge in [-0.2, -0.15) is 16.8 Å². The van der Waals surface area contributed by atoms with Gasteiger partial charge in [-0.3, -0.25) is 9.11 Å². The van der Waals surface area contributed by atoms with Crippen LogP contribution >= 0.6 is 0 Å². The van der Waals surface area contributed by atoms with Crippen LogP contribution in [0.15, 0.2) is 0 Å². The molecule has 0 rings (SSSR count). The molecule has 0 heterocycles. The summed E-state index contributed by atoms with van der Waals surface area (Å²) < 4.78 is 56.8. The average molecular weight is 296 g/mol. The van der Waals surface area contributed by atoms with Crippen LogP contribution in [0, 0.1) is 0 Å². The van der Waals surface area contributed by atoms with E-state index in [1.54, 1.807) is 0 Å². The molecular formula is C4H10K2O6S2. The minimum atomic E-state index is -4.02. The average Bonchev–Trinajstić information content (AvgIpc) is 1.76. The summed E-state index contributed by atoms with van der Waals surface area (Å²) in [5.41, 5.74) is 0. The molecule has 0 aliphatic rings. The Kier molecular flexibility index (Phi) is 16.0. The quantitative estimate of drug-likeness (QED) is 0.374. The summed E-state index contributed by atoms with van der Waals surface area (Å²) in [6.07, 6.45) is 0.0250. The molecule has 76 valence electrons. The van der Waals surface area contributed by atoms with Crippen molar-refractivity contribution in [1.29, 1.82) is 0 Å². The van der Waals surface area contributed by atoms with Gasteiger partial charge in [-0.25, -0.2) is 0 Å². The van der Waals surface area contributed by atoms with Gasteiger partial charge < -0.3 is 0 Å². The zero-order chi connectivity index (χ0) is 9.83. The number of unbranched alkanes of at least 4 members (excludes halogenated alkanes) is 1. The molecule has 10 heteroatoms. The van der Waals surface area contributed by atoms with Gasteiger partial charge in [0.2, 0.25) is 0 Å². The maximum Gasteiger partial charge on any atom is 0.264 e. The van der Waals surface area contributed by atoms with Gasteiger partial charge in [-0.15, -0.1) is 0 Å². The van der Waals surface area contributed by atoms with Gasteiger partial charge in [0.05, 0.1) is 11.5 Å². The predicted octanol–water partition coefficient (Wildman–Crippen LogP) is -1.22. The molecule has 14 heavy (non-hydrogen) atoms. The van der Waals surface area contributed by atoms with Crippen molar-refractivity contribution in [3.63, 3.8) is 0 Å². The van der Waals surface area contributed by atoms with Crippen molar-refractivity contribution in [2.45, 2.75) is 12.8 Å². The van der Waals surface area contributed by atoms with E-state index < -0.39 is 31.7 Å². The van der Waals surface area contributed by atoms with Crippen LogP contribution in [0.5, 0.6) is 0 Å². The molecule has 0 aromatic rings. The van der Waals surface area contributed by atoms with E-state index in [0.29, 0.717) is 0 Å². The van der Waals surface area contributed by atoms with Crippen molar-refractivity contribution < 1.29 is 25.9 Å². The molecule has 0 amide bonds. The van der Waals surface area contributed by atoms with Gasteiger partial charge in [0.1, 0.15) is 0 Å². The number of rotatable bonds is 5. The third-order valence-electron chi connectivity index (χ3n) is 1.05. The van der Waals surface area contributed by atoms with E-state index in [-0.39, 0.29) is 116 Å². The summed E-state index contributed by atoms with van der Waals surface area (Å²) in [4.78, 5) is 0. The largest absolute Gasteiger partial charge is 0.286 e. The van der Waals surface area contributed by atoms with Crippen LogP contribution in [0.2, 0.25) is 0 Å². The first kappa shape index (κ1) is 22.3. The Labute approximate surface area is 169 Å². The Morgan fingerprint density at radius 3 is 1.07 bits per heavy atom. The third-order valence-corrected chi connectivity index (χ3v) is 2.66. The smallest absolute Gasteiger partial charge is 0.264 e. The van der Waals surface area contributed by atoms with Crippen LogP contribution in [0.25, 0.3) is 0 Å². The monoisotopic (exact) mass is 296 g/mol. The van der Waals surface area contributed by atoms with Crippen LogP contribution in [0.1, 0.15) is 12.8 Å². The molecule has 0 aliphatic heterocycles. The van der Waals surface area contributed by atoms with Crippen molar-refractivity contribution in [1.82, 2.24) is 0 Å². The first-order valence-electron chi connectivity index (χ1n) is 3.11. The van der Waals surface area contributed by atoms with Gasteiger partial charge in [0.25, 0.3) is 20.2 Å². The molecule has 0 aliphatic carbocycles. The Balaban J connectivity index is -0.000000605. The molecule has 0 atom stereocenters. The summed E-state index contributed by atoms with van der Waals surface area (Å²) in [5, 5.41) is 0. The van der Waals surface area contributed by atoms with E-state index in [4.69, 9.17) is 9.11 Å². The van der Waals surface area contributed by atoms with Crippen LogP contribution < -0.4 is 0 Å². The van der Waals surface area contributed by atoms with Crippen molar-refractivity contribution in [3.05, 3.63) is 0 Å². The molecular weight excluding hydrogens is 286 g/mol. The van der Waals surface area contributed by atoms with Crippen molar-refractivity contribution in [2.24, 2.45) is 0 Å². The molecule has 0 unspecified atom stereocenters. The third kappa shape index (κ3) is 20.5. The molecule has 0 saturated heterocycles. The fourth-order valence-electron chi connectivity index (χ4n) is 0.569. The number of hydrogen-bond donors (Lipinski definition) is 2. The Morgan fingerprint density at radius 2 is 0.929 bits per heavy atom. The molecule has 6 nitrogen and oxygen atoms in total. The summed E-state index contributed by atoms with van der Waals surface area (Å²) in [7, 11) is -8.04. The van der Waals surface area contributed by atoms with Crippen molar-refractivity contribution in [2.75, 3.05) is 11.5 Å². The minimum Gasteiger partial charge on any atom is -0.286 e. The molecule has 0 spiro atoms. The normalized spacial score (nSPS) is 11.3. The summed E-state index contributed by atoms with van der Waals surface area (Å²) in [6.45, 7) is 0. The Hall–Kier alpha value is 3.09. The zero-order valence-corrected chi connectivity index (χ0v) is 16.1. The maximum absolute atomic E-state index is 10.1. The summed E-state index contributed by atoms with van der Waals surface area (Å²) in [6, 6.07) is 0. The summed E-state index contributed by atoms with van der Waals surface area (Å²) >= 11 is 0. The fraction of sp³-hybridized carbons (Fsp3) is 1.00. The van der Waals surface area contributed by atoms with E-state index in [9.17, 15) is 16.8 Å². The van der Waals surface area contributed by atoms with Crippen LogP contribution in [0.3, 0.4) is 0 Å². The van der Waals surface area contributed by atoms with E-state index >= 15 is 0 Å². The van der Waals surface area contributed by atoms with E-state index in [1.807, 2.05) is 0 Å². The minimum absolute atomic E-state index is 0. The summed E-state index contributed by atoms with van der Waals surface area (Å²) in [5.74, 6) is -0.967. The molecule has 0 saturated carbocycles.